The molecule has 0 N–H and O–H groups in total. The number of rotatable bonds is 7. The molecule has 40 heavy (non-hydrogen) atoms. The molecule has 4 aromatic rings. The van der Waals surface area contributed by atoms with Crippen LogP contribution in [0.3, 0.4) is 0 Å². The van der Waals surface area contributed by atoms with Crippen molar-refractivity contribution < 1.29 is 23.4 Å². The monoisotopic (exact) mass is 642 g/mol. The topological polar surface area (TPSA) is 92.3 Å². The second-order valence-corrected chi connectivity index (χ2v) is 11.0. The maximum atomic E-state index is 13.9. The molecule has 0 saturated carbocycles. The summed E-state index contributed by atoms with van der Waals surface area (Å²) in [6.45, 7) is 3.63. The van der Waals surface area contributed by atoms with Crippen molar-refractivity contribution in [3.8, 4) is 22.8 Å². The number of carbonyl (C=O) groups excluding carboxylic acids is 1. The van der Waals surface area contributed by atoms with Crippen molar-refractivity contribution in [2.24, 2.45) is 4.99 Å². The van der Waals surface area contributed by atoms with Crippen LogP contribution in [-0.4, -0.2) is 31.4 Å². The van der Waals surface area contributed by atoms with Crippen LogP contribution in [-0.2, 0) is 9.53 Å². The van der Waals surface area contributed by atoms with Crippen molar-refractivity contribution >= 4 is 50.9 Å². The predicted molar refractivity (Wildman–Crippen MR) is 157 cm³/mol. The highest BCUT2D eigenvalue weighted by Gasteiger charge is 2.35. The van der Waals surface area contributed by atoms with Crippen LogP contribution in [0.2, 0.25) is 5.02 Å². The van der Waals surface area contributed by atoms with E-state index in [4.69, 9.17) is 30.2 Å². The van der Waals surface area contributed by atoms with Gasteiger partial charge in [-0.3, -0.25) is 9.36 Å². The van der Waals surface area contributed by atoms with Gasteiger partial charge in [-0.15, -0.1) is 0 Å². The Labute approximate surface area is 246 Å². The first-order chi connectivity index (χ1) is 19.2. The van der Waals surface area contributed by atoms with Gasteiger partial charge in [-0.05, 0) is 55.8 Å². The molecule has 0 saturated heterocycles. The van der Waals surface area contributed by atoms with Gasteiger partial charge in [-0.25, -0.2) is 9.79 Å². The summed E-state index contributed by atoms with van der Waals surface area (Å²) in [7, 11) is 3.06. The fraction of sp³-hybridized carbons (Fsp3) is 0.207. The molecule has 2 aromatic heterocycles. The number of ether oxygens (including phenoxy) is 3. The molecule has 0 spiro atoms. The minimum Gasteiger partial charge on any atom is -0.493 e. The standard InChI is InChI=1S/C29H24BrClN2O6S/c1-5-38-28(35)25-15(2)32-29-33(26(25)19-13-22(36-3)23(37-4)14-20(19)30)27(34)24(40-29)12-18-9-10-21(39-18)16-7-6-8-17(31)11-16/h6-14,26H,5H2,1-4H3/b24-12-. The summed E-state index contributed by atoms with van der Waals surface area (Å²) in [5.74, 6) is 1.50. The van der Waals surface area contributed by atoms with Crippen LogP contribution in [0.15, 0.2) is 78.5 Å². The first-order valence-corrected chi connectivity index (χ1v) is 14.2. The van der Waals surface area contributed by atoms with Gasteiger partial charge in [0.05, 0.1) is 42.7 Å². The van der Waals surface area contributed by atoms with Gasteiger partial charge in [0.25, 0.3) is 5.56 Å². The largest absolute Gasteiger partial charge is 0.493 e. The number of allylic oxidation sites excluding steroid dienone is 1. The lowest BCUT2D eigenvalue weighted by atomic mass is 9.95. The third-order valence-electron chi connectivity index (χ3n) is 6.32. The maximum Gasteiger partial charge on any atom is 0.338 e. The smallest absolute Gasteiger partial charge is 0.338 e. The Morgan fingerprint density at radius 3 is 2.62 bits per heavy atom. The Morgan fingerprint density at radius 2 is 1.93 bits per heavy atom. The van der Waals surface area contributed by atoms with E-state index in [1.54, 1.807) is 50.3 Å². The molecule has 1 unspecified atom stereocenters. The van der Waals surface area contributed by atoms with Crippen molar-refractivity contribution in [1.29, 1.82) is 0 Å². The van der Waals surface area contributed by atoms with E-state index in [-0.39, 0.29) is 17.7 Å². The van der Waals surface area contributed by atoms with Gasteiger partial charge in [0, 0.05) is 21.1 Å². The van der Waals surface area contributed by atoms with Crippen LogP contribution in [0.25, 0.3) is 17.4 Å². The van der Waals surface area contributed by atoms with Crippen LogP contribution in [0.5, 0.6) is 11.5 Å². The zero-order valence-corrected chi connectivity index (χ0v) is 25.1. The molecule has 206 valence electrons. The highest BCUT2D eigenvalue weighted by Crippen LogP contribution is 2.40. The van der Waals surface area contributed by atoms with Crippen molar-refractivity contribution in [1.82, 2.24) is 4.57 Å². The molecule has 0 fully saturated rings. The lowest BCUT2D eigenvalue weighted by molar-refractivity contribution is -0.139. The van der Waals surface area contributed by atoms with E-state index >= 15 is 0 Å². The number of fused-ring (bicyclic) bond motifs is 1. The van der Waals surface area contributed by atoms with Gasteiger partial charge in [0.15, 0.2) is 16.3 Å². The van der Waals surface area contributed by atoms with Crippen LogP contribution in [0.1, 0.15) is 31.2 Å². The molecule has 0 bridgehead atoms. The summed E-state index contributed by atoms with van der Waals surface area (Å²) >= 11 is 10.9. The molecule has 0 amide bonds. The van der Waals surface area contributed by atoms with Crippen LogP contribution >= 0.6 is 38.9 Å². The van der Waals surface area contributed by atoms with Crippen LogP contribution in [0.4, 0.5) is 0 Å². The summed E-state index contributed by atoms with van der Waals surface area (Å²) in [5, 5.41) is 0.595. The molecule has 8 nitrogen and oxygen atoms in total. The van der Waals surface area contributed by atoms with Crippen LogP contribution < -0.4 is 24.4 Å². The lowest BCUT2D eigenvalue weighted by Gasteiger charge is -2.26. The summed E-state index contributed by atoms with van der Waals surface area (Å²) in [6.07, 6.45) is 1.67. The number of methoxy groups -OCH3 is 2. The van der Waals surface area contributed by atoms with Gasteiger partial charge in [-0.2, -0.15) is 0 Å². The Bertz CT molecular complexity index is 1840. The number of carbonyl (C=O) groups is 1. The van der Waals surface area contributed by atoms with Crippen molar-refractivity contribution in [3.63, 3.8) is 0 Å². The first kappa shape index (κ1) is 27.9. The second-order valence-electron chi connectivity index (χ2n) is 8.74. The third kappa shape index (κ3) is 5.14. The number of hydrogen-bond donors (Lipinski definition) is 0. The Morgan fingerprint density at radius 1 is 1.18 bits per heavy atom. The molecule has 2 aromatic carbocycles. The SMILES string of the molecule is CCOC(=O)C1=C(C)N=c2s/c(=C\c3ccc(-c4cccc(Cl)c4)o3)c(=O)n2C1c1cc(OC)c(OC)cc1Br. The minimum absolute atomic E-state index is 0.174. The van der Waals surface area contributed by atoms with E-state index in [0.717, 1.165) is 5.56 Å². The summed E-state index contributed by atoms with van der Waals surface area (Å²) in [6, 6.07) is 13.6. The van der Waals surface area contributed by atoms with Crippen molar-refractivity contribution in [3.05, 3.63) is 100 Å². The predicted octanol–water partition coefficient (Wildman–Crippen LogP) is 5.49. The Balaban J connectivity index is 1.69. The van der Waals surface area contributed by atoms with Crippen molar-refractivity contribution in [2.45, 2.75) is 19.9 Å². The fourth-order valence-corrected chi connectivity index (χ4v) is 6.28. The highest BCUT2D eigenvalue weighted by molar-refractivity contribution is 9.10. The number of nitrogens with zero attached hydrogens (tertiary/aromatic N) is 2. The second kappa shape index (κ2) is 11.5. The Hall–Kier alpha value is -3.60. The zero-order chi connectivity index (χ0) is 28.6. The van der Waals surface area contributed by atoms with Crippen molar-refractivity contribution in [2.75, 3.05) is 20.8 Å². The molecule has 3 heterocycles. The first-order valence-electron chi connectivity index (χ1n) is 12.2. The van der Waals surface area contributed by atoms with E-state index in [9.17, 15) is 9.59 Å². The average molecular weight is 644 g/mol. The number of benzene rings is 2. The number of furan rings is 1. The van der Waals surface area contributed by atoms with E-state index in [2.05, 4.69) is 20.9 Å². The molecule has 5 rings (SSSR count). The fourth-order valence-electron chi connectivity index (χ4n) is 4.52. The number of esters is 1. The van der Waals surface area contributed by atoms with E-state index in [1.807, 2.05) is 18.2 Å². The van der Waals surface area contributed by atoms with Gasteiger partial charge < -0.3 is 18.6 Å². The van der Waals surface area contributed by atoms with Crippen LogP contribution in [0, 0.1) is 0 Å². The van der Waals surface area contributed by atoms with E-state index in [0.29, 0.717) is 53.1 Å². The average Bonchev–Trinajstić information content (AvgIpc) is 3.52. The zero-order valence-electron chi connectivity index (χ0n) is 22.0. The number of halogens is 2. The number of aromatic nitrogens is 1. The van der Waals surface area contributed by atoms with Gasteiger partial charge in [0.2, 0.25) is 0 Å². The normalized spacial score (nSPS) is 15.1. The molecule has 0 aliphatic carbocycles. The molecule has 1 atom stereocenters. The highest BCUT2D eigenvalue weighted by atomic mass is 79.9. The quantitative estimate of drug-likeness (QED) is 0.247. The molecule has 1 aliphatic heterocycles. The molecular formula is C29H24BrClN2O6S. The summed E-state index contributed by atoms with van der Waals surface area (Å²) in [5.41, 5.74) is 1.82. The van der Waals surface area contributed by atoms with E-state index in [1.165, 1.54) is 30.1 Å². The maximum absolute atomic E-state index is 13.9. The number of thiazole rings is 1. The van der Waals surface area contributed by atoms with Gasteiger partial charge >= 0.3 is 5.97 Å². The molecule has 1 aliphatic rings. The summed E-state index contributed by atoms with van der Waals surface area (Å²) in [4.78, 5) is 32.2. The Kier molecular flexibility index (Phi) is 8.02. The minimum atomic E-state index is -0.828. The molecular weight excluding hydrogens is 620 g/mol. The van der Waals surface area contributed by atoms with Gasteiger partial charge in [0.1, 0.15) is 11.5 Å². The van der Waals surface area contributed by atoms with Gasteiger partial charge in [-0.1, -0.05) is 51.0 Å². The third-order valence-corrected chi connectivity index (χ3v) is 8.23. The number of hydrogen-bond acceptors (Lipinski definition) is 8. The van der Waals surface area contributed by atoms with E-state index < -0.39 is 12.0 Å². The molecule has 11 heteroatoms. The molecule has 0 radical (unpaired) electrons. The lowest BCUT2D eigenvalue weighted by Crippen LogP contribution is -2.40. The summed E-state index contributed by atoms with van der Waals surface area (Å²) < 4.78 is 24.9.